The van der Waals surface area contributed by atoms with Gasteiger partial charge in [0, 0.05) is 5.56 Å². The van der Waals surface area contributed by atoms with Gasteiger partial charge in [0.1, 0.15) is 11.3 Å². The molecule has 0 aliphatic heterocycles. The normalized spacial score (nSPS) is 10.2. The number of hydrogen-bond donors (Lipinski definition) is 1. The van der Waals surface area contributed by atoms with E-state index in [0.717, 1.165) is 0 Å². The second-order valence-corrected chi connectivity index (χ2v) is 4.08. The lowest BCUT2D eigenvalue weighted by molar-refractivity contribution is 0.0697. The van der Waals surface area contributed by atoms with Crippen LogP contribution in [0.3, 0.4) is 0 Å². The van der Waals surface area contributed by atoms with Gasteiger partial charge >= 0.3 is 5.97 Å². The topological polar surface area (TPSA) is 72.6 Å². The number of hydrogen-bond acceptors (Lipinski definition) is 4. The van der Waals surface area contributed by atoms with Gasteiger partial charge < -0.3 is 14.4 Å². The van der Waals surface area contributed by atoms with Crippen molar-refractivity contribution in [2.75, 3.05) is 7.11 Å². The number of ether oxygens (including phenoxy) is 1. The molecule has 0 unspecified atom stereocenters. The average molecular weight is 298 g/mol. The summed E-state index contributed by atoms with van der Waals surface area (Å²) in [5.41, 5.74) is 0.648. The number of halogens is 1. The third kappa shape index (κ3) is 2.16. The predicted molar refractivity (Wildman–Crippen MR) is 63.2 cm³/mol. The van der Waals surface area contributed by atoms with Gasteiger partial charge in [-0.05, 0) is 34.1 Å². The number of carbonyl (C=O) groups is 1. The number of methoxy groups -OCH3 is 1. The van der Waals surface area contributed by atoms with Crippen molar-refractivity contribution >= 4 is 21.9 Å². The van der Waals surface area contributed by atoms with Crippen LogP contribution in [0.25, 0.3) is 11.3 Å². The zero-order valence-electron chi connectivity index (χ0n) is 8.81. The van der Waals surface area contributed by atoms with Gasteiger partial charge in [-0.1, -0.05) is 5.16 Å². The third-order valence-electron chi connectivity index (χ3n) is 2.21. The number of carboxylic acids is 1. The van der Waals surface area contributed by atoms with Crippen molar-refractivity contribution in [3.05, 3.63) is 34.4 Å². The van der Waals surface area contributed by atoms with Crippen LogP contribution in [0.5, 0.6) is 5.75 Å². The van der Waals surface area contributed by atoms with Crippen molar-refractivity contribution in [1.82, 2.24) is 5.16 Å². The maximum atomic E-state index is 10.9. The molecular formula is C11H8BrNO4. The first-order valence-corrected chi connectivity index (χ1v) is 5.44. The van der Waals surface area contributed by atoms with Crippen molar-refractivity contribution < 1.29 is 19.2 Å². The molecule has 6 heteroatoms. The maximum absolute atomic E-state index is 10.9. The monoisotopic (exact) mass is 297 g/mol. The SMILES string of the molecule is COc1ccc(-c2oncc2C(=O)O)cc1Br. The van der Waals surface area contributed by atoms with E-state index in [4.69, 9.17) is 14.4 Å². The molecule has 2 rings (SSSR count). The molecule has 1 aromatic carbocycles. The van der Waals surface area contributed by atoms with Crippen molar-refractivity contribution in [2.45, 2.75) is 0 Å². The van der Waals surface area contributed by atoms with Crippen LogP contribution >= 0.6 is 15.9 Å². The Bertz CT molecular complexity index is 564. The van der Waals surface area contributed by atoms with Gasteiger partial charge in [0.2, 0.25) is 0 Å². The van der Waals surface area contributed by atoms with E-state index in [-0.39, 0.29) is 11.3 Å². The van der Waals surface area contributed by atoms with Crippen molar-refractivity contribution in [3.8, 4) is 17.1 Å². The molecular weight excluding hydrogens is 290 g/mol. The molecule has 0 fully saturated rings. The van der Waals surface area contributed by atoms with E-state index in [0.29, 0.717) is 15.8 Å². The molecule has 1 N–H and O–H groups in total. The van der Waals surface area contributed by atoms with E-state index in [2.05, 4.69) is 21.1 Å². The van der Waals surface area contributed by atoms with Crippen LogP contribution in [0.15, 0.2) is 33.4 Å². The average Bonchev–Trinajstić information content (AvgIpc) is 2.77. The molecule has 2 aromatic rings. The van der Waals surface area contributed by atoms with Gasteiger partial charge in [0.15, 0.2) is 5.76 Å². The number of aromatic carboxylic acids is 1. The second kappa shape index (κ2) is 4.58. The summed E-state index contributed by atoms with van der Waals surface area (Å²) in [6, 6.07) is 5.13. The lowest BCUT2D eigenvalue weighted by Crippen LogP contribution is -1.96. The highest BCUT2D eigenvalue weighted by Crippen LogP contribution is 2.31. The van der Waals surface area contributed by atoms with Crippen molar-refractivity contribution in [2.24, 2.45) is 0 Å². The number of rotatable bonds is 3. The number of carboxylic acid groups (broad SMARTS) is 1. The first-order chi connectivity index (χ1) is 8.13. The van der Waals surface area contributed by atoms with E-state index in [1.54, 1.807) is 25.3 Å². The second-order valence-electron chi connectivity index (χ2n) is 3.22. The summed E-state index contributed by atoms with van der Waals surface area (Å²) in [6.45, 7) is 0. The van der Waals surface area contributed by atoms with E-state index < -0.39 is 5.97 Å². The quantitative estimate of drug-likeness (QED) is 0.943. The van der Waals surface area contributed by atoms with Crippen LogP contribution in [-0.2, 0) is 0 Å². The Hall–Kier alpha value is -1.82. The van der Waals surface area contributed by atoms with Crippen LogP contribution in [0.4, 0.5) is 0 Å². The molecule has 1 heterocycles. The summed E-state index contributed by atoms with van der Waals surface area (Å²) in [6.07, 6.45) is 1.18. The third-order valence-corrected chi connectivity index (χ3v) is 2.83. The fourth-order valence-corrected chi connectivity index (χ4v) is 1.95. The van der Waals surface area contributed by atoms with Gasteiger partial charge in [-0.2, -0.15) is 0 Å². The fraction of sp³-hybridized carbons (Fsp3) is 0.0909. The van der Waals surface area contributed by atoms with Gasteiger partial charge in [-0.25, -0.2) is 4.79 Å². The number of aromatic nitrogens is 1. The van der Waals surface area contributed by atoms with Crippen LogP contribution in [0.1, 0.15) is 10.4 Å². The minimum atomic E-state index is -1.08. The summed E-state index contributed by atoms with van der Waals surface area (Å²) in [4.78, 5) is 10.9. The molecule has 5 nitrogen and oxygen atoms in total. The molecule has 0 spiro atoms. The number of nitrogens with zero attached hydrogens (tertiary/aromatic N) is 1. The molecule has 17 heavy (non-hydrogen) atoms. The molecule has 0 aliphatic carbocycles. The highest BCUT2D eigenvalue weighted by molar-refractivity contribution is 9.10. The smallest absolute Gasteiger partial charge is 0.341 e. The zero-order valence-corrected chi connectivity index (χ0v) is 10.4. The predicted octanol–water partition coefficient (Wildman–Crippen LogP) is 2.81. The van der Waals surface area contributed by atoms with Crippen LogP contribution in [0, 0.1) is 0 Å². The van der Waals surface area contributed by atoms with E-state index in [1.807, 2.05) is 0 Å². The lowest BCUT2D eigenvalue weighted by Gasteiger charge is -2.04. The van der Waals surface area contributed by atoms with E-state index in [9.17, 15) is 4.79 Å². The van der Waals surface area contributed by atoms with Gasteiger partial charge in [-0.3, -0.25) is 0 Å². The molecule has 0 bridgehead atoms. The highest BCUT2D eigenvalue weighted by atomic mass is 79.9. The fourth-order valence-electron chi connectivity index (χ4n) is 1.41. The summed E-state index contributed by atoms with van der Waals surface area (Å²) >= 11 is 3.32. The Labute approximate surface area is 105 Å². The van der Waals surface area contributed by atoms with Crippen molar-refractivity contribution in [3.63, 3.8) is 0 Å². The molecule has 0 aliphatic rings. The Morgan fingerprint density at radius 1 is 1.53 bits per heavy atom. The minimum Gasteiger partial charge on any atom is -0.496 e. The van der Waals surface area contributed by atoms with Crippen LogP contribution in [-0.4, -0.2) is 23.3 Å². The molecule has 0 amide bonds. The molecule has 0 saturated heterocycles. The molecule has 0 atom stereocenters. The highest BCUT2D eigenvalue weighted by Gasteiger charge is 2.17. The van der Waals surface area contributed by atoms with E-state index in [1.165, 1.54) is 6.20 Å². The summed E-state index contributed by atoms with van der Waals surface area (Å²) < 4.78 is 10.7. The summed E-state index contributed by atoms with van der Waals surface area (Å²) in [5.74, 6) is -0.195. The van der Waals surface area contributed by atoms with Gasteiger partial charge in [0.05, 0.1) is 17.8 Å². The summed E-state index contributed by atoms with van der Waals surface area (Å²) in [5, 5.41) is 12.4. The molecule has 1 aromatic heterocycles. The maximum Gasteiger partial charge on any atom is 0.341 e. The zero-order chi connectivity index (χ0) is 12.4. The van der Waals surface area contributed by atoms with Crippen molar-refractivity contribution in [1.29, 1.82) is 0 Å². The Kier molecular flexibility index (Phi) is 3.14. The minimum absolute atomic E-state index is 0.0297. The van der Waals surface area contributed by atoms with Gasteiger partial charge in [-0.15, -0.1) is 0 Å². The Balaban J connectivity index is 2.50. The largest absolute Gasteiger partial charge is 0.496 e. The molecule has 0 radical (unpaired) electrons. The first kappa shape index (κ1) is 11.7. The Morgan fingerprint density at radius 2 is 2.29 bits per heavy atom. The van der Waals surface area contributed by atoms with E-state index >= 15 is 0 Å². The number of benzene rings is 1. The van der Waals surface area contributed by atoms with Crippen LogP contribution < -0.4 is 4.74 Å². The van der Waals surface area contributed by atoms with Crippen LogP contribution in [0.2, 0.25) is 0 Å². The lowest BCUT2D eigenvalue weighted by atomic mass is 10.1. The molecule has 0 saturated carbocycles. The van der Waals surface area contributed by atoms with Gasteiger partial charge in [0.25, 0.3) is 0 Å². The summed E-state index contributed by atoms with van der Waals surface area (Å²) in [7, 11) is 1.55. The Morgan fingerprint density at radius 3 is 2.88 bits per heavy atom. The first-order valence-electron chi connectivity index (χ1n) is 4.65. The standard InChI is InChI=1S/C11H8BrNO4/c1-16-9-3-2-6(4-8(9)12)10-7(11(14)15)5-13-17-10/h2-5H,1H3,(H,14,15). The molecule has 88 valence electrons.